The fourth-order valence-corrected chi connectivity index (χ4v) is 2.43. The summed E-state index contributed by atoms with van der Waals surface area (Å²) in [4.78, 5) is 24.0. The molecule has 1 amide bonds. The molecule has 0 saturated carbocycles. The third kappa shape index (κ3) is 5.79. The lowest BCUT2D eigenvalue weighted by Crippen LogP contribution is -2.29. The number of esters is 1. The van der Waals surface area contributed by atoms with Gasteiger partial charge in [0.1, 0.15) is 5.75 Å². The number of carbonyl (C=O) groups excluding carboxylic acids is 2. The number of anilines is 1. The molecule has 0 aromatic heterocycles. The standard InChI is InChI=1S/C19H17Cl2NO4/c1-12(19(24)22-17-9-6-14(20)11-16(17)21)26-18(23)10-5-13-3-7-15(25-2)8-4-13/h3-12H,1-2H3,(H,22,24)/b10-5+. The number of methoxy groups -OCH3 is 1. The van der Waals surface area contributed by atoms with Crippen molar-refractivity contribution in [2.24, 2.45) is 0 Å². The Bertz CT molecular complexity index is 819. The molecule has 1 atom stereocenters. The number of halogens is 2. The van der Waals surface area contributed by atoms with E-state index in [9.17, 15) is 9.59 Å². The van der Waals surface area contributed by atoms with Crippen molar-refractivity contribution in [1.82, 2.24) is 0 Å². The first kappa shape index (κ1) is 19.8. The molecule has 136 valence electrons. The second-order valence-corrected chi connectivity index (χ2v) is 6.14. The zero-order valence-electron chi connectivity index (χ0n) is 14.2. The molecule has 0 spiro atoms. The lowest BCUT2D eigenvalue weighted by Gasteiger charge is -2.13. The Labute approximate surface area is 161 Å². The molecule has 0 aliphatic rings. The Morgan fingerprint density at radius 1 is 1.12 bits per heavy atom. The second-order valence-electron chi connectivity index (χ2n) is 5.30. The number of carbonyl (C=O) groups is 2. The van der Waals surface area contributed by atoms with Gasteiger partial charge in [0.25, 0.3) is 5.91 Å². The largest absolute Gasteiger partial charge is 0.497 e. The second kappa shape index (κ2) is 9.27. The van der Waals surface area contributed by atoms with Gasteiger partial charge in [-0.3, -0.25) is 4.79 Å². The molecule has 0 aliphatic carbocycles. The highest BCUT2D eigenvalue weighted by molar-refractivity contribution is 6.36. The van der Waals surface area contributed by atoms with Gasteiger partial charge >= 0.3 is 5.97 Å². The highest BCUT2D eigenvalue weighted by atomic mass is 35.5. The Balaban J connectivity index is 1.90. The first-order valence-electron chi connectivity index (χ1n) is 7.67. The molecule has 2 rings (SSSR count). The highest BCUT2D eigenvalue weighted by Crippen LogP contribution is 2.25. The summed E-state index contributed by atoms with van der Waals surface area (Å²) in [7, 11) is 1.58. The fourth-order valence-electron chi connectivity index (χ4n) is 1.97. The number of hydrogen-bond donors (Lipinski definition) is 1. The molecule has 0 heterocycles. The van der Waals surface area contributed by atoms with Gasteiger partial charge in [0, 0.05) is 11.1 Å². The third-order valence-electron chi connectivity index (χ3n) is 3.38. The topological polar surface area (TPSA) is 64.6 Å². The summed E-state index contributed by atoms with van der Waals surface area (Å²) in [6, 6.07) is 11.8. The van der Waals surface area contributed by atoms with Crippen LogP contribution in [0.2, 0.25) is 10.0 Å². The first-order valence-corrected chi connectivity index (χ1v) is 8.43. The van der Waals surface area contributed by atoms with Gasteiger partial charge in [-0.1, -0.05) is 35.3 Å². The van der Waals surface area contributed by atoms with E-state index in [4.69, 9.17) is 32.7 Å². The van der Waals surface area contributed by atoms with Gasteiger partial charge in [0.15, 0.2) is 6.10 Å². The maximum Gasteiger partial charge on any atom is 0.331 e. The van der Waals surface area contributed by atoms with Crippen molar-refractivity contribution in [1.29, 1.82) is 0 Å². The number of nitrogens with one attached hydrogen (secondary N) is 1. The summed E-state index contributed by atoms with van der Waals surface area (Å²) in [5.41, 5.74) is 1.19. The average Bonchev–Trinajstić information content (AvgIpc) is 2.62. The number of hydrogen-bond acceptors (Lipinski definition) is 4. The van der Waals surface area contributed by atoms with Gasteiger partial charge in [-0.25, -0.2) is 4.79 Å². The van der Waals surface area contributed by atoms with E-state index in [0.29, 0.717) is 15.7 Å². The van der Waals surface area contributed by atoms with E-state index in [1.54, 1.807) is 49.6 Å². The summed E-state index contributed by atoms with van der Waals surface area (Å²) in [6.07, 6.45) is 1.85. The predicted octanol–water partition coefficient (Wildman–Crippen LogP) is 4.59. The van der Waals surface area contributed by atoms with Crippen molar-refractivity contribution in [3.05, 3.63) is 64.1 Å². The minimum absolute atomic E-state index is 0.295. The third-order valence-corrected chi connectivity index (χ3v) is 3.93. The Hall–Kier alpha value is -2.50. The smallest absolute Gasteiger partial charge is 0.331 e. The lowest BCUT2D eigenvalue weighted by molar-refractivity contribution is -0.148. The molecule has 2 aromatic carbocycles. The summed E-state index contributed by atoms with van der Waals surface area (Å²) in [5, 5.41) is 3.33. The molecule has 0 aliphatic heterocycles. The summed E-state index contributed by atoms with van der Waals surface area (Å²) in [6.45, 7) is 1.47. The van der Waals surface area contributed by atoms with Crippen LogP contribution in [0.4, 0.5) is 5.69 Å². The van der Waals surface area contributed by atoms with E-state index in [-0.39, 0.29) is 0 Å². The van der Waals surface area contributed by atoms with Crippen LogP contribution in [-0.2, 0) is 14.3 Å². The molecule has 0 fully saturated rings. The van der Waals surface area contributed by atoms with E-state index in [0.717, 1.165) is 11.3 Å². The van der Waals surface area contributed by atoms with Crippen LogP contribution in [0.1, 0.15) is 12.5 Å². The van der Waals surface area contributed by atoms with E-state index in [2.05, 4.69) is 5.32 Å². The van der Waals surface area contributed by atoms with Gasteiger partial charge in [-0.2, -0.15) is 0 Å². The van der Waals surface area contributed by atoms with E-state index >= 15 is 0 Å². The van der Waals surface area contributed by atoms with Crippen molar-refractivity contribution < 1.29 is 19.1 Å². The van der Waals surface area contributed by atoms with Crippen molar-refractivity contribution in [3.8, 4) is 5.75 Å². The predicted molar refractivity (Wildman–Crippen MR) is 103 cm³/mol. The van der Waals surface area contributed by atoms with E-state index in [1.807, 2.05) is 0 Å². The summed E-state index contributed by atoms with van der Waals surface area (Å²) in [5.74, 6) is -0.415. The first-order chi connectivity index (χ1) is 12.4. The van der Waals surface area contributed by atoms with Gasteiger partial charge in [-0.15, -0.1) is 0 Å². The summed E-state index contributed by atoms with van der Waals surface area (Å²) >= 11 is 11.8. The molecule has 5 nitrogen and oxygen atoms in total. The maximum absolute atomic E-state index is 12.1. The minimum atomic E-state index is -0.991. The molecule has 1 N–H and O–H groups in total. The van der Waals surface area contributed by atoms with E-state index in [1.165, 1.54) is 19.1 Å². The molecule has 1 unspecified atom stereocenters. The quantitative estimate of drug-likeness (QED) is 0.575. The van der Waals surface area contributed by atoms with Gasteiger partial charge in [0.05, 0.1) is 17.8 Å². The van der Waals surface area contributed by atoms with Gasteiger partial charge < -0.3 is 14.8 Å². The number of benzene rings is 2. The van der Waals surface area contributed by atoms with Crippen LogP contribution in [-0.4, -0.2) is 25.1 Å². The zero-order valence-corrected chi connectivity index (χ0v) is 15.7. The van der Waals surface area contributed by atoms with Crippen LogP contribution in [0.25, 0.3) is 6.08 Å². The summed E-state index contributed by atoms with van der Waals surface area (Å²) < 4.78 is 10.1. The van der Waals surface area contributed by atoms with Crippen LogP contribution in [0, 0.1) is 0 Å². The minimum Gasteiger partial charge on any atom is -0.497 e. The molecular weight excluding hydrogens is 377 g/mol. The van der Waals surface area contributed by atoms with Crippen LogP contribution >= 0.6 is 23.2 Å². The van der Waals surface area contributed by atoms with Gasteiger partial charge in [-0.05, 0) is 48.9 Å². The molecule has 0 radical (unpaired) electrons. The number of amides is 1. The Kier molecular flexibility index (Phi) is 7.06. The molecule has 0 saturated heterocycles. The fraction of sp³-hybridized carbons (Fsp3) is 0.158. The molecular formula is C19H17Cl2NO4. The zero-order chi connectivity index (χ0) is 19.1. The maximum atomic E-state index is 12.1. The van der Waals surface area contributed by atoms with Crippen molar-refractivity contribution in [3.63, 3.8) is 0 Å². The molecule has 26 heavy (non-hydrogen) atoms. The van der Waals surface area contributed by atoms with Crippen molar-refractivity contribution in [2.75, 3.05) is 12.4 Å². The number of rotatable bonds is 6. The normalized spacial score (nSPS) is 11.8. The molecule has 2 aromatic rings. The van der Waals surface area contributed by atoms with Crippen LogP contribution in [0.3, 0.4) is 0 Å². The Morgan fingerprint density at radius 3 is 2.42 bits per heavy atom. The molecule has 7 heteroatoms. The lowest BCUT2D eigenvalue weighted by atomic mass is 10.2. The molecule has 0 bridgehead atoms. The monoisotopic (exact) mass is 393 g/mol. The van der Waals surface area contributed by atoms with Crippen molar-refractivity contribution in [2.45, 2.75) is 13.0 Å². The Morgan fingerprint density at radius 2 is 1.81 bits per heavy atom. The highest BCUT2D eigenvalue weighted by Gasteiger charge is 2.17. The van der Waals surface area contributed by atoms with E-state index < -0.39 is 18.0 Å². The van der Waals surface area contributed by atoms with Crippen LogP contribution in [0.15, 0.2) is 48.5 Å². The van der Waals surface area contributed by atoms with Crippen molar-refractivity contribution >= 4 is 46.8 Å². The van der Waals surface area contributed by atoms with Crippen LogP contribution < -0.4 is 10.1 Å². The van der Waals surface area contributed by atoms with Crippen LogP contribution in [0.5, 0.6) is 5.75 Å². The number of ether oxygens (including phenoxy) is 2. The SMILES string of the molecule is COc1ccc(/C=C/C(=O)OC(C)C(=O)Nc2ccc(Cl)cc2Cl)cc1. The van der Waals surface area contributed by atoms with Gasteiger partial charge in [0.2, 0.25) is 0 Å². The average molecular weight is 394 g/mol.